The Kier molecular flexibility index (Phi) is 4.97. The Labute approximate surface area is 161 Å². The topological polar surface area (TPSA) is 96.8 Å². The quantitative estimate of drug-likeness (QED) is 0.724. The van der Waals surface area contributed by atoms with Crippen LogP contribution in [0.25, 0.3) is 11.5 Å². The van der Waals surface area contributed by atoms with Crippen LogP contribution in [0.3, 0.4) is 0 Å². The summed E-state index contributed by atoms with van der Waals surface area (Å²) in [4.78, 5) is 25.8. The Morgan fingerprint density at radius 2 is 1.89 bits per heavy atom. The number of hydrogen-bond donors (Lipinski definition) is 1. The van der Waals surface area contributed by atoms with Gasteiger partial charge in [0.15, 0.2) is 11.5 Å². The molecule has 1 N–H and O–H groups in total. The predicted octanol–water partition coefficient (Wildman–Crippen LogP) is 3.73. The number of piperidine rings is 1. The molecular weight excluding hydrogens is 360 g/mol. The first-order valence-electron chi connectivity index (χ1n) is 9.23. The summed E-state index contributed by atoms with van der Waals surface area (Å²) < 4.78 is 10.5. The number of rotatable bonds is 5. The van der Waals surface area contributed by atoms with Crippen LogP contribution in [0.15, 0.2) is 57.7 Å². The minimum absolute atomic E-state index is 0.161. The van der Waals surface area contributed by atoms with E-state index in [1.165, 1.54) is 6.26 Å². The van der Waals surface area contributed by atoms with Crippen molar-refractivity contribution >= 4 is 11.9 Å². The van der Waals surface area contributed by atoms with Crippen LogP contribution in [0.4, 0.5) is 0 Å². The van der Waals surface area contributed by atoms with Gasteiger partial charge in [0.25, 0.3) is 5.91 Å². The van der Waals surface area contributed by atoms with Crippen molar-refractivity contribution in [1.29, 1.82) is 0 Å². The molecule has 7 heteroatoms. The number of furan rings is 1. The van der Waals surface area contributed by atoms with Crippen molar-refractivity contribution in [2.24, 2.45) is 5.92 Å². The third kappa shape index (κ3) is 3.69. The van der Waals surface area contributed by atoms with Gasteiger partial charge in [-0.15, -0.1) is 0 Å². The first-order chi connectivity index (χ1) is 13.6. The van der Waals surface area contributed by atoms with Crippen LogP contribution in [0.2, 0.25) is 0 Å². The lowest BCUT2D eigenvalue weighted by atomic mass is 9.88. The van der Waals surface area contributed by atoms with E-state index in [4.69, 9.17) is 8.94 Å². The zero-order chi connectivity index (χ0) is 19.5. The molecule has 144 valence electrons. The molecule has 7 nitrogen and oxygen atoms in total. The number of amides is 1. The molecule has 1 amide bonds. The van der Waals surface area contributed by atoms with Gasteiger partial charge in [0, 0.05) is 19.2 Å². The van der Waals surface area contributed by atoms with E-state index in [-0.39, 0.29) is 11.6 Å². The molecule has 1 saturated heterocycles. The fourth-order valence-corrected chi connectivity index (χ4v) is 3.63. The maximum absolute atomic E-state index is 12.7. The number of carbonyl (C=O) groups is 2. The maximum atomic E-state index is 12.7. The van der Waals surface area contributed by atoms with Crippen molar-refractivity contribution < 1.29 is 23.6 Å². The highest BCUT2D eigenvalue weighted by Gasteiger charge is 2.27. The summed E-state index contributed by atoms with van der Waals surface area (Å²) in [5.74, 6) is 0.240. The van der Waals surface area contributed by atoms with E-state index in [1.807, 2.05) is 12.1 Å². The van der Waals surface area contributed by atoms with E-state index in [2.05, 4.69) is 5.16 Å². The van der Waals surface area contributed by atoms with Crippen LogP contribution in [0, 0.1) is 5.92 Å². The molecule has 4 rings (SSSR count). The van der Waals surface area contributed by atoms with Crippen molar-refractivity contribution in [3.63, 3.8) is 0 Å². The first kappa shape index (κ1) is 18.0. The average molecular weight is 380 g/mol. The highest BCUT2D eigenvalue weighted by Crippen LogP contribution is 2.26. The Bertz CT molecular complexity index is 968. The summed E-state index contributed by atoms with van der Waals surface area (Å²) in [5.41, 5.74) is 1.47. The number of likely N-dealkylation sites (tertiary alicyclic amines) is 1. The molecule has 3 heterocycles. The summed E-state index contributed by atoms with van der Waals surface area (Å²) in [7, 11) is 0. The van der Waals surface area contributed by atoms with Crippen molar-refractivity contribution in [2.75, 3.05) is 13.1 Å². The highest BCUT2D eigenvalue weighted by molar-refractivity contribution is 5.93. The molecule has 1 aliphatic heterocycles. The molecule has 0 atom stereocenters. The van der Waals surface area contributed by atoms with Crippen LogP contribution < -0.4 is 0 Å². The van der Waals surface area contributed by atoms with Gasteiger partial charge >= 0.3 is 5.97 Å². The van der Waals surface area contributed by atoms with E-state index < -0.39 is 5.97 Å². The standard InChI is InChI=1S/C21H20N2O5/c24-20(17-13-19(28-22-17)18-6-3-11-27-18)23-9-7-14(8-10-23)12-15-4-1-2-5-16(15)21(25)26/h1-6,11,13-14H,7-10,12H2,(H,25,26). The van der Waals surface area contributed by atoms with Gasteiger partial charge in [-0.05, 0) is 48.9 Å². The van der Waals surface area contributed by atoms with E-state index >= 15 is 0 Å². The first-order valence-corrected chi connectivity index (χ1v) is 9.23. The molecule has 0 saturated carbocycles. The molecule has 0 bridgehead atoms. The largest absolute Gasteiger partial charge is 0.478 e. The number of carboxylic acids is 1. The Morgan fingerprint density at radius 3 is 2.61 bits per heavy atom. The molecule has 0 radical (unpaired) electrons. The Balaban J connectivity index is 1.37. The Hall–Kier alpha value is -3.35. The van der Waals surface area contributed by atoms with E-state index in [0.717, 1.165) is 18.4 Å². The Morgan fingerprint density at radius 1 is 1.11 bits per heavy atom. The summed E-state index contributed by atoms with van der Waals surface area (Å²) in [5, 5.41) is 13.2. The fraction of sp³-hybridized carbons (Fsp3) is 0.286. The number of benzene rings is 1. The second kappa shape index (κ2) is 7.72. The van der Waals surface area contributed by atoms with Gasteiger partial charge in [-0.3, -0.25) is 4.79 Å². The highest BCUT2D eigenvalue weighted by atomic mass is 16.5. The van der Waals surface area contributed by atoms with Gasteiger partial charge in [0.05, 0.1) is 11.8 Å². The fourth-order valence-electron chi connectivity index (χ4n) is 3.63. The third-order valence-electron chi connectivity index (χ3n) is 5.15. The van der Waals surface area contributed by atoms with Crippen LogP contribution >= 0.6 is 0 Å². The summed E-state index contributed by atoms with van der Waals surface area (Å²) in [6.45, 7) is 1.23. The van der Waals surface area contributed by atoms with Gasteiger partial charge in [-0.2, -0.15) is 0 Å². The SMILES string of the molecule is O=C(O)c1ccccc1CC1CCN(C(=O)c2cc(-c3ccco3)on2)CC1. The molecule has 0 unspecified atom stereocenters. The number of carboxylic acid groups (broad SMARTS) is 1. The lowest BCUT2D eigenvalue weighted by Gasteiger charge is -2.31. The minimum Gasteiger partial charge on any atom is -0.478 e. The predicted molar refractivity (Wildman–Crippen MR) is 99.9 cm³/mol. The maximum Gasteiger partial charge on any atom is 0.335 e. The van der Waals surface area contributed by atoms with Crippen molar-refractivity contribution in [1.82, 2.24) is 10.1 Å². The van der Waals surface area contributed by atoms with Crippen molar-refractivity contribution in [3.05, 3.63) is 65.5 Å². The number of hydrogen-bond acceptors (Lipinski definition) is 5. The minimum atomic E-state index is -0.901. The van der Waals surface area contributed by atoms with Gasteiger partial charge in [0.1, 0.15) is 0 Å². The van der Waals surface area contributed by atoms with Crippen LogP contribution in [-0.2, 0) is 6.42 Å². The molecular formula is C21H20N2O5. The van der Waals surface area contributed by atoms with Gasteiger partial charge in [-0.1, -0.05) is 23.4 Å². The number of aromatic carboxylic acids is 1. The van der Waals surface area contributed by atoms with Crippen LogP contribution in [0.5, 0.6) is 0 Å². The normalized spacial score (nSPS) is 14.9. The monoisotopic (exact) mass is 380 g/mol. The van der Waals surface area contributed by atoms with E-state index in [0.29, 0.717) is 42.5 Å². The smallest absolute Gasteiger partial charge is 0.335 e. The van der Waals surface area contributed by atoms with Crippen molar-refractivity contribution in [2.45, 2.75) is 19.3 Å². The van der Waals surface area contributed by atoms with Crippen molar-refractivity contribution in [3.8, 4) is 11.5 Å². The second-order valence-corrected chi connectivity index (χ2v) is 6.96. The molecule has 0 spiro atoms. The molecule has 28 heavy (non-hydrogen) atoms. The number of nitrogens with zero attached hydrogens (tertiary/aromatic N) is 2. The number of aromatic nitrogens is 1. The van der Waals surface area contributed by atoms with Crippen LogP contribution in [-0.4, -0.2) is 40.1 Å². The molecule has 0 aliphatic carbocycles. The molecule has 1 fully saturated rings. The van der Waals surface area contributed by atoms with Gasteiger partial charge in [-0.25, -0.2) is 4.79 Å². The lowest BCUT2D eigenvalue weighted by molar-refractivity contribution is 0.0680. The zero-order valence-electron chi connectivity index (χ0n) is 15.2. The summed E-state index contributed by atoms with van der Waals surface area (Å²) in [6, 6.07) is 12.2. The molecule has 2 aromatic heterocycles. The summed E-state index contributed by atoms with van der Waals surface area (Å²) >= 11 is 0. The van der Waals surface area contributed by atoms with Gasteiger partial charge < -0.3 is 18.9 Å². The zero-order valence-corrected chi connectivity index (χ0v) is 15.2. The average Bonchev–Trinajstić information content (AvgIpc) is 3.40. The van der Waals surface area contributed by atoms with E-state index in [1.54, 1.807) is 35.2 Å². The molecule has 1 aromatic carbocycles. The number of carbonyl (C=O) groups excluding carboxylic acids is 1. The molecule has 3 aromatic rings. The van der Waals surface area contributed by atoms with E-state index in [9.17, 15) is 14.7 Å². The summed E-state index contributed by atoms with van der Waals surface area (Å²) in [6.07, 6.45) is 3.88. The lowest BCUT2D eigenvalue weighted by Crippen LogP contribution is -2.39. The van der Waals surface area contributed by atoms with Gasteiger partial charge in [0.2, 0.25) is 5.76 Å². The molecule has 1 aliphatic rings. The van der Waals surface area contributed by atoms with Crippen LogP contribution in [0.1, 0.15) is 39.3 Å². The third-order valence-corrected chi connectivity index (χ3v) is 5.15. The second-order valence-electron chi connectivity index (χ2n) is 6.96.